The van der Waals surface area contributed by atoms with Gasteiger partial charge in [0.25, 0.3) is 0 Å². The van der Waals surface area contributed by atoms with E-state index in [1.54, 1.807) is 11.3 Å². The lowest BCUT2D eigenvalue weighted by atomic mass is 10.3. The molecular weight excluding hydrogens is 230 g/mol. The van der Waals surface area contributed by atoms with E-state index in [0.717, 1.165) is 18.9 Å². The lowest BCUT2D eigenvalue weighted by Crippen LogP contribution is -2.26. The fraction of sp³-hybridized carbons (Fsp3) is 0.769. The highest BCUT2D eigenvalue weighted by Gasteiger charge is 2.24. The van der Waals surface area contributed by atoms with Gasteiger partial charge in [0, 0.05) is 24.9 Å². The summed E-state index contributed by atoms with van der Waals surface area (Å²) in [7, 11) is 0. The van der Waals surface area contributed by atoms with Crippen molar-refractivity contribution in [2.75, 3.05) is 19.6 Å². The molecule has 1 fully saturated rings. The molecule has 0 bridgehead atoms. The molecule has 0 aromatic carbocycles. The molecule has 1 aliphatic carbocycles. The zero-order valence-corrected chi connectivity index (χ0v) is 11.5. The van der Waals surface area contributed by atoms with E-state index in [1.165, 1.54) is 43.1 Å². The summed E-state index contributed by atoms with van der Waals surface area (Å²) < 4.78 is 0. The molecule has 1 aliphatic rings. The van der Waals surface area contributed by atoms with Gasteiger partial charge >= 0.3 is 0 Å². The summed E-state index contributed by atoms with van der Waals surface area (Å²) in [5.74, 6) is 0.962. The van der Waals surface area contributed by atoms with Crippen molar-refractivity contribution in [2.24, 2.45) is 11.7 Å². The summed E-state index contributed by atoms with van der Waals surface area (Å²) in [6.45, 7) is 6.43. The largest absolute Gasteiger partial charge is 0.330 e. The zero-order chi connectivity index (χ0) is 12.1. The molecule has 0 saturated heterocycles. The van der Waals surface area contributed by atoms with Crippen molar-refractivity contribution in [2.45, 2.75) is 39.2 Å². The van der Waals surface area contributed by atoms with E-state index in [1.807, 2.05) is 0 Å². The number of hydrogen-bond donors (Lipinski definition) is 1. The Morgan fingerprint density at radius 1 is 1.53 bits per heavy atom. The minimum atomic E-state index is 0.702. The maximum absolute atomic E-state index is 5.55. The molecule has 96 valence electrons. The van der Waals surface area contributed by atoms with Gasteiger partial charge in [-0.25, -0.2) is 4.98 Å². The average Bonchev–Trinajstić information content (AvgIpc) is 3.00. The first-order valence-electron chi connectivity index (χ1n) is 6.67. The van der Waals surface area contributed by atoms with Crippen LogP contribution in [0, 0.1) is 5.92 Å². The van der Waals surface area contributed by atoms with Crippen molar-refractivity contribution in [3.05, 3.63) is 16.1 Å². The second kappa shape index (κ2) is 6.47. The zero-order valence-electron chi connectivity index (χ0n) is 10.7. The van der Waals surface area contributed by atoms with Crippen LogP contribution in [0.3, 0.4) is 0 Å². The summed E-state index contributed by atoms with van der Waals surface area (Å²) in [6.07, 6.45) is 5.00. The third kappa shape index (κ3) is 4.37. The van der Waals surface area contributed by atoms with Gasteiger partial charge in [0.05, 0.1) is 10.7 Å². The molecule has 0 spiro atoms. The monoisotopic (exact) mass is 253 g/mol. The summed E-state index contributed by atoms with van der Waals surface area (Å²) in [6, 6.07) is 0. The van der Waals surface area contributed by atoms with Crippen molar-refractivity contribution in [3.63, 3.8) is 0 Å². The Bertz CT molecular complexity index is 333. The van der Waals surface area contributed by atoms with Crippen molar-refractivity contribution in [1.82, 2.24) is 9.88 Å². The second-order valence-electron chi connectivity index (χ2n) is 4.95. The number of thiazole rings is 1. The Labute approximate surface area is 108 Å². The normalized spacial score (nSPS) is 15.7. The smallest absolute Gasteiger partial charge is 0.0941 e. The Morgan fingerprint density at radius 2 is 2.35 bits per heavy atom. The van der Waals surface area contributed by atoms with Gasteiger partial charge in [-0.1, -0.05) is 6.92 Å². The maximum atomic E-state index is 5.55. The molecular formula is C13H23N3S. The van der Waals surface area contributed by atoms with E-state index >= 15 is 0 Å². The van der Waals surface area contributed by atoms with E-state index in [2.05, 4.69) is 22.2 Å². The van der Waals surface area contributed by atoms with Crippen LogP contribution in [-0.2, 0) is 13.0 Å². The van der Waals surface area contributed by atoms with E-state index in [0.29, 0.717) is 6.54 Å². The molecule has 0 radical (unpaired) electrons. The van der Waals surface area contributed by atoms with Crippen LogP contribution in [0.25, 0.3) is 0 Å². The maximum Gasteiger partial charge on any atom is 0.0941 e. The first kappa shape index (κ1) is 13.0. The molecule has 1 aromatic rings. The van der Waals surface area contributed by atoms with Gasteiger partial charge in [-0.3, -0.25) is 4.90 Å². The Kier molecular flexibility index (Phi) is 4.95. The predicted molar refractivity (Wildman–Crippen MR) is 73.2 cm³/mol. The highest BCUT2D eigenvalue weighted by molar-refractivity contribution is 7.09. The van der Waals surface area contributed by atoms with E-state index in [4.69, 9.17) is 5.73 Å². The quantitative estimate of drug-likeness (QED) is 0.773. The molecule has 17 heavy (non-hydrogen) atoms. The van der Waals surface area contributed by atoms with Crippen LogP contribution in [0.1, 0.15) is 36.9 Å². The second-order valence-corrected chi connectivity index (χ2v) is 5.89. The number of aromatic nitrogens is 1. The van der Waals surface area contributed by atoms with Crippen LogP contribution in [0.2, 0.25) is 0 Å². The van der Waals surface area contributed by atoms with Gasteiger partial charge in [0.15, 0.2) is 0 Å². The highest BCUT2D eigenvalue weighted by atomic mass is 32.1. The van der Waals surface area contributed by atoms with Crippen LogP contribution in [-0.4, -0.2) is 29.5 Å². The molecule has 1 aromatic heterocycles. The number of rotatable bonds is 8. The minimum Gasteiger partial charge on any atom is -0.330 e. The van der Waals surface area contributed by atoms with Gasteiger partial charge in [-0.05, 0) is 38.3 Å². The Hall–Kier alpha value is -0.450. The molecule has 4 heteroatoms. The van der Waals surface area contributed by atoms with Gasteiger partial charge < -0.3 is 5.73 Å². The van der Waals surface area contributed by atoms with E-state index in [-0.39, 0.29) is 0 Å². The number of nitrogens with zero attached hydrogens (tertiary/aromatic N) is 2. The van der Waals surface area contributed by atoms with Gasteiger partial charge in [0.2, 0.25) is 0 Å². The van der Waals surface area contributed by atoms with E-state index in [9.17, 15) is 0 Å². The topological polar surface area (TPSA) is 42.1 Å². The highest BCUT2D eigenvalue weighted by Crippen LogP contribution is 2.30. The SMILES string of the molecule is CCCN(Cc1csc(CCN)n1)CC1CC1. The molecule has 0 unspecified atom stereocenters. The summed E-state index contributed by atoms with van der Waals surface area (Å²) in [5, 5.41) is 3.38. The van der Waals surface area contributed by atoms with Crippen LogP contribution >= 0.6 is 11.3 Å². The lowest BCUT2D eigenvalue weighted by Gasteiger charge is -2.20. The molecule has 0 amide bonds. The summed E-state index contributed by atoms with van der Waals surface area (Å²) in [5.41, 5.74) is 6.78. The van der Waals surface area contributed by atoms with Crippen molar-refractivity contribution in [1.29, 1.82) is 0 Å². The van der Waals surface area contributed by atoms with Crippen molar-refractivity contribution >= 4 is 11.3 Å². The summed E-state index contributed by atoms with van der Waals surface area (Å²) >= 11 is 1.75. The summed E-state index contributed by atoms with van der Waals surface area (Å²) in [4.78, 5) is 7.20. The molecule has 0 atom stereocenters. The third-order valence-corrected chi connectivity index (χ3v) is 4.05. The van der Waals surface area contributed by atoms with Gasteiger partial charge in [0.1, 0.15) is 0 Å². The van der Waals surface area contributed by atoms with Gasteiger partial charge in [-0.15, -0.1) is 11.3 Å². The molecule has 0 aliphatic heterocycles. The van der Waals surface area contributed by atoms with Gasteiger partial charge in [-0.2, -0.15) is 0 Å². The van der Waals surface area contributed by atoms with Crippen molar-refractivity contribution in [3.8, 4) is 0 Å². The molecule has 3 nitrogen and oxygen atoms in total. The number of nitrogens with two attached hydrogens (primary N) is 1. The lowest BCUT2D eigenvalue weighted by molar-refractivity contribution is 0.252. The molecule has 2 rings (SSSR count). The number of hydrogen-bond acceptors (Lipinski definition) is 4. The van der Waals surface area contributed by atoms with Crippen LogP contribution < -0.4 is 5.73 Å². The predicted octanol–water partition coefficient (Wildman–Crippen LogP) is 2.27. The standard InChI is InChI=1S/C13H23N3S/c1-2-7-16(8-11-3-4-11)9-12-10-17-13(15-12)5-6-14/h10-11H,2-9,14H2,1H3. The Balaban J connectivity index is 1.85. The minimum absolute atomic E-state index is 0.702. The Morgan fingerprint density at radius 3 is 3.00 bits per heavy atom. The first-order valence-corrected chi connectivity index (χ1v) is 7.55. The van der Waals surface area contributed by atoms with Crippen LogP contribution in [0.5, 0.6) is 0 Å². The fourth-order valence-corrected chi connectivity index (χ4v) is 2.91. The molecule has 2 N–H and O–H groups in total. The third-order valence-electron chi connectivity index (χ3n) is 3.10. The molecule has 1 saturated carbocycles. The average molecular weight is 253 g/mol. The van der Waals surface area contributed by atoms with Crippen LogP contribution in [0.15, 0.2) is 5.38 Å². The van der Waals surface area contributed by atoms with Crippen LogP contribution in [0.4, 0.5) is 0 Å². The fourth-order valence-electron chi connectivity index (χ4n) is 2.11. The van der Waals surface area contributed by atoms with E-state index < -0.39 is 0 Å². The van der Waals surface area contributed by atoms with Crippen molar-refractivity contribution < 1.29 is 0 Å². The first-order chi connectivity index (χ1) is 8.31. The molecule has 1 heterocycles.